The molecule has 1 aromatic rings. The van der Waals surface area contributed by atoms with Gasteiger partial charge in [-0.25, -0.2) is 0 Å². The highest BCUT2D eigenvalue weighted by Gasteiger charge is 2.16. The third kappa shape index (κ3) is 4.64. The molecule has 1 aromatic carbocycles. The van der Waals surface area contributed by atoms with Crippen molar-refractivity contribution in [3.63, 3.8) is 0 Å². The lowest BCUT2D eigenvalue weighted by molar-refractivity contribution is -0.105. The Balaban J connectivity index is 1.80. The van der Waals surface area contributed by atoms with Crippen LogP contribution in [0.1, 0.15) is 51.0 Å². The van der Waals surface area contributed by atoms with Crippen molar-refractivity contribution in [2.45, 2.75) is 58.0 Å². The van der Waals surface area contributed by atoms with Crippen molar-refractivity contribution in [1.82, 2.24) is 5.32 Å². The lowest BCUT2D eigenvalue weighted by Gasteiger charge is -2.25. The van der Waals surface area contributed by atoms with Crippen molar-refractivity contribution in [1.29, 1.82) is 0 Å². The van der Waals surface area contributed by atoms with E-state index in [1.54, 1.807) is 0 Å². The summed E-state index contributed by atoms with van der Waals surface area (Å²) in [5, 5.41) is 6.35. The Kier molecular flexibility index (Phi) is 6.06. The molecule has 0 spiro atoms. The summed E-state index contributed by atoms with van der Waals surface area (Å²) >= 11 is 0. The normalized spacial score (nSPS) is 17.6. The van der Waals surface area contributed by atoms with Gasteiger partial charge in [0, 0.05) is 18.3 Å². The molecule has 1 saturated carbocycles. The van der Waals surface area contributed by atoms with E-state index < -0.39 is 0 Å². The predicted octanol–water partition coefficient (Wildman–Crippen LogP) is 3.70. The maximum absolute atomic E-state index is 10.6. The number of benzene rings is 1. The molecular formula is C17H26N2O. The van der Waals surface area contributed by atoms with Crippen LogP contribution in [0.2, 0.25) is 0 Å². The number of para-hydroxylation sites is 1. The van der Waals surface area contributed by atoms with Gasteiger partial charge in [0.05, 0.1) is 0 Å². The van der Waals surface area contributed by atoms with Crippen LogP contribution in [0.4, 0.5) is 5.69 Å². The van der Waals surface area contributed by atoms with Crippen molar-refractivity contribution < 1.29 is 4.79 Å². The Morgan fingerprint density at radius 2 is 2.00 bits per heavy atom. The molecule has 1 aliphatic rings. The molecule has 20 heavy (non-hydrogen) atoms. The average molecular weight is 274 g/mol. The van der Waals surface area contributed by atoms with E-state index >= 15 is 0 Å². The number of hydrogen-bond donors (Lipinski definition) is 2. The van der Waals surface area contributed by atoms with Gasteiger partial charge >= 0.3 is 0 Å². The molecule has 3 nitrogen and oxygen atoms in total. The van der Waals surface area contributed by atoms with Crippen LogP contribution in [0.15, 0.2) is 24.3 Å². The summed E-state index contributed by atoms with van der Waals surface area (Å²) in [7, 11) is 0. The first-order chi connectivity index (χ1) is 9.79. The molecule has 0 aliphatic heterocycles. The monoisotopic (exact) mass is 274 g/mol. The van der Waals surface area contributed by atoms with Gasteiger partial charge in [-0.05, 0) is 30.9 Å². The number of anilines is 1. The Labute approximate surface area is 122 Å². The summed E-state index contributed by atoms with van der Waals surface area (Å²) in [6.45, 7) is 3.08. The molecule has 2 N–H and O–H groups in total. The van der Waals surface area contributed by atoms with Gasteiger partial charge in [0.15, 0.2) is 0 Å². The van der Waals surface area contributed by atoms with Crippen LogP contribution in [-0.2, 0) is 11.3 Å². The molecule has 1 fully saturated rings. The van der Waals surface area contributed by atoms with E-state index in [4.69, 9.17) is 0 Å². The van der Waals surface area contributed by atoms with Gasteiger partial charge in [-0.1, -0.05) is 50.3 Å². The van der Waals surface area contributed by atoms with Gasteiger partial charge in [0.1, 0.15) is 0 Å². The number of hydrogen-bond acceptors (Lipinski definition) is 2. The number of carbonyl (C=O) groups is 1. The molecule has 110 valence electrons. The lowest BCUT2D eigenvalue weighted by Crippen LogP contribution is -2.28. The number of amides is 1. The third-order valence-electron chi connectivity index (χ3n) is 4.28. The maximum Gasteiger partial charge on any atom is 0.211 e. The largest absolute Gasteiger partial charge is 0.328 e. The zero-order chi connectivity index (χ0) is 14.2. The number of carbonyl (C=O) groups excluding carboxylic acids is 1. The molecular weight excluding hydrogens is 248 g/mol. The lowest BCUT2D eigenvalue weighted by atomic mass is 9.85. The minimum absolute atomic E-state index is 0.530. The van der Waals surface area contributed by atoms with E-state index in [9.17, 15) is 4.79 Å². The Morgan fingerprint density at radius 1 is 1.25 bits per heavy atom. The van der Waals surface area contributed by atoms with Gasteiger partial charge in [0.2, 0.25) is 6.41 Å². The first-order valence-corrected chi connectivity index (χ1v) is 7.81. The van der Waals surface area contributed by atoms with Crippen molar-refractivity contribution in [3.8, 4) is 0 Å². The van der Waals surface area contributed by atoms with Gasteiger partial charge in [0.25, 0.3) is 0 Å². The Bertz CT molecular complexity index is 413. The van der Waals surface area contributed by atoms with Crippen LogP contribution in [0, 0.1) is 5.92 Å². The summed E-state index contributed by atoms with van der Waals surface area (Å²) in [5.74, 6) is 0.898. The zero-order valence-electron chi connectivity index (χ0n) is 12.4. The minimum Gasteiger partial charge on any atom is -0.328 e. The summed E-state index contributed by atoms with van der Waals surface area (Å²) in [6.07, 6.45) is 9.04. The Morgan fingerprint density at radius 3 is 2.75 bits per heavy atom. The maximum atomic E-state index is 10.6. The molecule has 0 radical (unpaired) electrons. The standard InChI is InChI=1S/C17H26N2O/c1-14(11-15-7-3-2-4-8-15)18-12-16-9-5-6-10-17(16)19-13-20/h5-6,9-10,13-15,18H,2-4,7-8,11-12H2,1H3,(H,19,20). The fraction of sp³-hybridized carbons (Fsp3) is 0.588. The first-order valence-electron chi connectivity index (χ1n) is 7.81. The zero-order valence-corrected chi connectivity index (χ0v) is 12.4. The molecule has 2 rings (SSSR count). The fourth-order valence-corrected chi connectivity index (χ4v) is 3.17. The van der Waals surface area contributed by atoms with Crippen LogP contribution < -0.4 is 10.6 Å². The van der Waals surface area contributed by atoms with Crippen molar-refractivity contribution in [2.75, 3.05) is 5.32 Å². The van der Waals surface area contributed by atoms with E-state index in [0.29, 0.717) is 6.04 Å². The summed E-state index contributed by atoms with van der Waals surface area (Å²) < 4.78 is 0. The first kappa shape index (κ1) is 15.0. The molecule has 0 saturated heterocycles. The van der Waals surface area contributed by atoms with E-state index in [0.717, 1.165) is 30.1 Å². The Hall–Kier alpha value is -1.35. The predicted molar refractivity (Wildman–Crippen MR) is 83.6 cm³/mol. The highest BCUT2D eigenvalue weighted by molar-refractivity contribution is 5.73. The molecule has 1 amide bonds. The van der Waals surface area contributed by atoms with Crippen LogP contribution in [0.25, 0.3) is 0 Å². The van der Waals surface area contributed by atoms with E-state index in [1.165, 1.54) is 38.5 Å². The molecule has 1 aliphatic carbocycles. The van der Waals surface area contributed by atoms with Crippen molar-refractivity contribution in [2.24, 2.45) is 5.92 Å². The molecule has 0 aromatic heterocycles. The molecule has 0 bridgehead atoms. The van der Waals surface area contributed by atoms with Gasteiger partial charge < -0.3 is 10.6 Å². The fourth-order valence-electron chi connectivity index (χ4n) is 3.17. The highest BCUT2D eigenvalue weighted by Crippen LogP contribution is 2.27. The van der Waals surface area contributed by atoms with Gasteiger partial charge in [-0.2, -0.15) is 0 Å². The number of nitrogens with one attached hydrogen (secondary N) is 2. The van der Waals surface area contributed by atoms with Crippen LogP contribution in [0.3, 0.4) is 0 Å². The summed E-state index contributed by atoms with van der Waals surface area (Å²) in [6, 6.07) is 8.49. The average Bonchev–Trinajstić information content (AvgIpc) is 2.48. The van der Waals surface area contributed by atoms with E-state index in [2.05, 4.69) is 23.6 Å². The number of rotatable bonds is 7. The minimum atomic E-state index is 0.530. The quantitative estimate of drug-likeness (QED) is 0.744. The SMILES string of the molecule is CC(CC1CCCCC1)NCc1ccccc1NC=O. The third-order valence-corrected chi connectivity index (χ3v) is 4.28. The summed E-state index contributed by atoms with van der Waals surface area (Å²) in [5.41, 5.74) is 2.05. The van der Waals surface area contributed by atoms with Gasteiger partial charge in [-0.15, -0.1) is 0 Å². The van der Waals surface area contributed by atoms with Crippen molar-refractivity contribution >= 4 is 12.1 Å². The second-order valence-corrected chi connectivity index (χ2v) is 5.94. The van der Waals surface area contributed by atoms with Crippen LogP contribution in [0.5, 0.6) is 0 Å². The van der Waals surface area contributed by atoms with Crippen molar-refractivity contribution in [3.05, 3.63) is 29.8 Å². The topological polar surface area (TPSA) is 41.1 Å². The summed E-state index contributed by atoms with van der Waals surface area (Å²) in [4.78, 5) is 10.6. The van der Waals surface area contributed by atoms with Crippen LogP contribution >= 0.6 is 0 Å². The molecule has 3 heteroatoms. The second-order valence-electron chi connectivity index (χ2n) is 5.94. The highest BCUT2D eigenvalue weighted by atomic mass is 16.1. The van der Waals surface area contributed by atoms with Gasteiger partial charge in [-0.3, -0.25) is 4.79 Å². The molecule has 1 unspecified atom stereocenters. The molecule has 0 heterocycles. The van der Waals surface area contributed by atoms with E-state index in [1.807, 2.05) is 18.2 Å². The van der Waals surface area contributed by atoms with E-state index in [-0.39, 0.29) is 0 Å². The smallest absolute Gasteiger partial charge is 0.211 e. The van der Waals surface area contributed by atoms with Crippen LogP contribution in [-0.4, -0.2) is 12.5 Å². The second kappa shape index (κ2) is 8.05. The molecule has 1 atom stereocenters.